The summed E-state index contributed by atoms with van der Waals surface area (Å²) in [6.45, 7) is 4.51. The molecule has 0 saturated heterocycles. The van der Waals surface area contributed by atoms with Gasteiger partial charge < -0.3 is 14.8 Å². The summed E-state index contributed by atoms with van der Waals surface area (Å²) < 4.78 is 7.25. The summed E-state index contributed by atoms with van der Waals surface area (Å²) >= 11 is 1.28. The lowest BCUT2D eigenvalue weighted by atomic mass is 10.2. The van der Waals surface area contributed by atoms with E-state index in [-0.39, 0.29) is 17.4 Å². The van der Waals surface area contributed by atoms with E-state index in [0.717, 1.165) is 5.56 Å². The van der Waals surface area contributed by atoms with Crippen LogP contribution in [0.5, 0.6) is 5.75 Å². The molecule has 3 aromatic rings. The van der Waals surface area contributed by atoms with Crippen molar-refractivity contribution in [1.82, 2.24) is 14.8 Å². The van der Waals surface area contributed by atoms with E-state index in [4.69, 9.17) is 4.42 Å². The van der Waals surface area contributed by atoms with Crippen molar-refractivity contribution in [3.8, 4) is 17.3 Å². The van der Waals surface area contributed by atoms with Crippen LogP contribution < -0.4 is 5.32 Å². The first-order chi connectivity index (χ1) is 12.1. The number of anilines is 1. The van der Waals surface area contributed by atoms with Gasteiger partial charge in [-0.15, -0.1) is 10.2 Å². The molecule has 2 aromatic heterocycles. The summed E-state index contributed by atoms with van der Waals surface area (Å²) in [5.41, 5.74) is 1.32. The number of carbonyl (C=O) groups excluding carboxylic acids is 1. The van der Waals surface area contributed by atoms with Crippen LogP contribution in [0.4, 0.5) is 5.69 Å². The standard InChI is InChI=1S/C17H18N4O3S/c1-3-21-16(14-5-4-8-24-14)19-20-17(21)25-10-15(23)18-12-7-6-11(2)9-13(12)22/h4-9,22H,3,10H2,1-2H3,(H,18,23). The van der Waals surface area contributed by atoms with E-state index in [1.165, 1.54) is 11.8 Å². The van der Waals surface area contributed by atoms with E-state index >= 15 is 0 Å². The fourth-order valence-electron chi connectivity index (χ4n) is 2.33. The zero-order valence-corrected chi connectivity index (χ0v) is 14.7. The van der Waals surface area contributed by atoms with Gasteiger partial charge in [-0.25, -0.2) is 0 Å². The highest BCUT2D eigenvalue weighted by molar-refractivity contribution is 7.99. The minimum Gasteiger partial charge on any atom is -0.506 e. The minimum absolute atomic E-state index is 0.0511. The van der Waals surface area contributed by atoms with Crippen molar-refractivity contribution in [2.75, 3.05) is 11.1 Å². The second-order valence-electron chi connectivity index (χ2n) is 5.39. The van der Waals surface area contributed by atoms with Crippen LogP contribution >= 0.6 is 11.8 Å². The fourth-order valence-corrected chi connectivity index (χ4v) is 3.13. The molecule has 1 aromatic carbocycles. The van der Waals surface area contributed by atoms with Crippen LogP contribution in [0.15, 0.2) is 46.2 Å². The molecule has 3 rings (SSSR count). The Morgan fingerprint density at radius 3 is 2.88 bits per heavy atom. The molecule has 0 saturated carbocycles. The average Bonchev–Trinajstić information content (AvgIpc) is 3.24. The Bertz CT molecular complexity index is 874. The molecule has 0 radical (unpaired) electrons. The number of nitrogens with one attached hydrogen (secondary N) is 1. The molecular formula is C17H18N4O3S. The first-order valence-electron chi connectivity index (χ1n) is 7.78. The molecule has 2 heterocycles. The number of benzene rings is 1. The van der Waals surface area contributed by atoms with Gasteiger partial charge in [0.2, 0.25) is 5.91 Å². The molecule has 0 unspecified atom stereocenters. The number of hydrogen-bond donors (Lipinski definition) is 2. The second kappa shape index (κ2) is 7.43. The van der Waals surface area contributed by atoms with E-state index < -0.39 is 0 Å². The Balaban J connectivity index is 1.66. The van der Waals surface area contributed by atoms with Gasteiger partial charge in [0.05, 0.1) is 17.7 Å². The van der Waals surface area contributed by atoms with Crippen LogP contribution in [0.1, 0.15) is 12.5 Å². The van der Waals surface area contributed by atoms with Gasteiger partial charge in [-0.1, -0.05) is 17.8 Å². The average molecular weight is 358 g/mol. The highest BCUT2D eigenvalue weighted by Crippen LogP contribution is 2.26. The number of aryl methyl sites for hydroxylation is 1. The van der Waals surface area contributed by atoms with Crippen molar-refractivity contribution in [1.29, 1.82) is 0 Å². The van der Waals surface area contributed by atoms with Gasteiger partial charge in [0.25, 0.3) is 0 Å². The van der Waals surface area contributed by atoms with Gasteiger partial charge in [0.1, 0.15) is 5.75 Å². The van der Waals surface area contributed by atoms with E-state index in [2.05, 4.69) is 15.5 Å². The van der Waals surface area contributed by atoms with Crippen molar-refractivity contribution in [2.24, 2.45) is 0 Å². The highest BCUT2D eigenvalue weighted by atomic mass is 32.2. The van der Waals surface area contributed by atoms with Gasteiger partial charge in [-0.3, -0.25) is 9.36 Å². The molecule has 0 aliphatic rings. The first kappa shape index (κ1) is 17.1. The number of furan rings is 1. The lowest BCUT2D eigenvalue weighted by Crippen LogP contribution is -2.14. The molecule has 7 nitrogen and oxygen atoms in total. The maximum atomic E-state index is 12.1. The van der Waals surface area contributed by atoms with Crippen molar-refractivity contribution in [3.05, 3.63) is 42.2 Å². The summed E-state index contributed by atoms with van der Waals surface area (Å²) in [7, 11) is 0. The normalized spacial score (nSPS) is 10.8. The van der Waals surface area contributed by atoms with Gasteiger partial charge in [0.15, 0.2) is 16.7 Å². The number of amides is 1. The SMILES string of the molecule is CCn1c(SCC(=O)Nc2ccc(C)cc2O)nnc1-c1ccco1. The van der Waals surface area contributed by atoms with Crippen molar-refractivity contribution in [2.45, 2.75) is 25.5 Å². The fraction of sp³-hybridized carbons (Fsp3) is 0.235. The third-order valence-electron chi connectivity index (χ3n) is 3.53. The Morgan fingerprint density at radius 1 is 1.36 bits per heavy atom. The molecule has 0 spiro atoms. The number of aromatic nitrogens is 3. The predicted octanol–water partition coefficient (Wildman–Crippen LogP) is 3.30. The molecule has 0 bridgehead atoms. The molecule has 8 heteroatoms. The maximum Gasteiger partial charge on any atom is 0.234 e. The third kappa shape index (κ3) is 3.85. The summed E-state index contributed by atoms with van der Waals surface area (Å²) in [6, 6.07) is 8.71. The Labute approximate surface area is 149 Å². The number of aromatic hydroxyl groups is 1. The van der Waals surface area contributed by atoms with E-state index in [0.29, 0.717) is 29.0 Å². The topological polar surface area (TPSA) is 93.2 Å². The lowest BCUT2D eigenvalue weighted by molar-refractivity contribution is -0.113. The zero-order valence-electron chi connectivity index (χ0n) is 13.9. The van der Waals surface area contributed by atoms with Gasteiger partial charge in [0, 0.05) is 6.54 Å². The molecule has 1 amide bonds. The molecule has 0 fully saturated rings. The number of phenols is 1. The number of phenolic OH excluding ortho intramolecular Hbond substituents is 1. The van der Waals surface area contributed by atoms with Gasteiger partial charge in [-0.2, -0.15) is 0 Å². The Morgan fingerprint density at radius 2 is 2.20 bits per heavy atom. The van der Waals surface area contributed by atoms with Crippen molar-refractivity contribution < 1.29 is 14.3 Å². The third-order valence-corrected chi connectivity index (χ3v) is 4.50. The van der Waals surface area contributed by atoms with Crippen LogP contribution in [-0.2, 0) is 11.3 Å². The quantitative estimate of drug-likeness (QED) is 0.519. The van der Waals surface area contributed by atoms with Crippen LogP contribution in [0.25, 0.3) is 11.6 Å². The van der Waals surface area contributed by atoms with Crippen molar-refractivity contribution in [3.63, 3.8) is 0 Å². The molecular weight excluding hydrogens is 340 g/mol. The Hall–Kier alpha value is -2.74. The maximum absolute atomic E-state index is 12.1. The zero-order chi connectivity index (χ0) is 17.8. The highest BCUT2D eigenvalue weighted by Gasteiger charge is 2.16. The molecule has 0 atom stereocenters. The molecule has 2 N–H and O–H groups in total. The first-order valence-corrected chi connectivity index (χ1v) is 8.76. The van der Waals surface area contributed by atoms with Gasteiger partial charge in [-0.05, 0) is 43.7 Å². The Kier molecular flexibility index (Phi) is 5.08. The summed E-state index contributed by atoms with van der Waals surface area (Å²) in [4.78, 5) is 12.1. The van der Waals surface area contributed by atoms with Crippen LogP contribution in [-0.4, -0.2) is 31.5 Å². The summed E-state index contributed by atoms with van der Waals surface area (Å²) in [5, 5.41) is 21.5. The van der Waals surface area contributed by atoms with Crippen LogP contribution in [0.2, 0.25) is 0 Å². The lowest BCUT2D eigenvalue weighted by Gasteiger charge is -2.08. The van der Waals surface area contributed by atoms with Crippen molar-refractivity contribution >= 4 is 23.4 Å². The smallest absolute Gasteiger partial charge is 0.234 e. The van der Waals surface area contributed by atoms with Crippen LogP contribution in [0, 0.1) is 6.92 Å². The van der Waals surface area contributed by atoms with Crippen LogP contribution in [0.3, 0.4) is 0 Å². The minimum atomic E-state index is -0.227. The second-order valence-corrected chi connectivity index (χ2v) is 6.33. The summed E-state index contributed by atoms with van der Waals surface area (Å²) in [6.07, 6.45) is 1.58. The number of nitrogens with zero attached hydrogens (tertiary/aromatic N) is 3. The number of hydrogen-bond acceptors (Lipinski definition) is 6. The van der Waals surface area contributed by atoms with E-state index in [1.54, 1.807) is 24.5 Å². The van der Waals surface area contributed by atoms with Gasteiger partial charge >= 0.3 is 0 Å². The molecule has 0 aliphatic carbocycles. The predicted molar refractivity (Wildman–Crippen MR) is 95.6 cm³/mol. The van der Waals surface area contributed by atoms with E-state index in [9.17, 15) is 9.90 Å². The molecule has 130 valence electrons. The molecule has 0 aliphatic heterocycles. The summed E-state index contributed by atoms with van der Waals surface area (Å²) in [5.74, 6) is 1.25. The monoisotopic (exact) mass is 358 g/mol. The number of carbonyl (C=O) groups is 1. The number of rotatable bonds is 6. The van der Waals surface area contributed by atoms with E-state index in [1.807, 2.05) is 30.5 Å². The largest absolute Gasteiger partial charge is 0.506 e. The molecule has 25 heavy (non-hydrogen) atoms. The number of thioether (sulfide) groups is 1.